The van der Waals surface area contributed by atoms with Crippen LogP contribution >= 0.6 is 11.3 Å². The Morgan fingerprint density at radius 2 is 2.18 bits per heavy atom. The molecule has 22 heavy (non-hydrogen) atoms. The number of aromatic nitrogens is 2. The number of carbonyl (C=O) groups is 1. The van der Waals surface area contributed by atoms with E-state index >= 15 is 0 Å². The molecule has 0 aliphatic carbocycles. The van der Waals surface area contributed by atoms with E-state index in [9.17, 15) is 4.79 Å². The highest BCUT2D eigenvalue weighted by atomic mass is 32.1. The van der Waals surface area contributed by atoms with Crippen molar-refractivity contribution in [2.45, 2.75) is 32.3 Å². The second-order valence-electron chi connectivity index (χ2n) is 4.96. The van der Waals surface area contributed by atoms with Gasteiger partial charge in [0.2, 0.25) is 11.2 Å². The van der Waals surface area contributed by atoms with E-state index in [1.807, 2.05) is 18.2 Å². The van der Waals surface area contributed by atoms with Crippen LogP contribution < -0.4 is 14.8 Å². The van der Waals surface area contributed by atoms with E-state index in [1.54, 1.807) is 6.07 Å². The number of ether oxygens (including phenoxy) is 2. The molecular formula is C15H17N3O3S. The van der Waals surface area contributed by atoms with E-state index in [-0.39, 0.29) is 12.5 Å². The summed E-state index contributed by atoms with van der Waals surface area (Å²) in [6.45, 7) is 2.31. The number of aryl methyl sites for hydroxylation is 1. The molecule has 1 N–H and O–H groups in total. The van der Waals surface area contributed by atoms with Crippen molar-refractivity contribution in [2.24, 2.45) is 0 Å². The lowest BCUT2D eigenvalue weighted by Crippen LogP contribution is -2.40. The molecule has 1 unspecified atom stereocenters. The number of nitrogens with zero attached hydrogens (tertiary/aromatic N) is 2. The van der Waals surface area contributed by atoms with Crippen molar-refractivity contribution in [3.8, 4) is 11.5 Å². The van der Waals surface area contributed by atoms with Crippen molar-refractivity contribution in [1.82, 2.24) is 10.2 Å². The molecule has 1 aliphatic rings. The van der Waals surface area contributed by atoms with Gasteiger partial charge in [-0.2, -0.15) is 0 Å². The van der Waals surface area contributed by atoms with E-state index < -0.39 is 6.10 Å². The van der Waals surface area contributed by atoms with Crippen LogP contribution in [0.3, 0.4) is 0 Å². The molecule has 0 saturated carbocycles. The molecule has 1 atom stereocenters. The fraction of sp³-hybridized carbons (Fsp3) is 0.400. The van der Waals surface area contributed by atoms with Gasteiger partial charge in [0.15, 0.2) is 11.5 Å². The number of benzene rings is 1. The molecule has 2 aromatic rings. The zero-order chi connectivity index (χ0) is 15.4. The molecule has 0 saturated heterocycles. The van der Waals surface area contributed by atoms with Crippen LogP contribution in [-0.2, 0) is 11.2 Å². The number of nitrogens with one attached hydrogen (secondary N) is 1. The predicted molar refractivity (Wildman–Crippen MR) is 83.5 cm³/mol. The quantitative estimate of drug-likeness (QED) is 0.917. The first-order chi connectivity index (χ1) is 10.8. The lowest BCUT2D eigenvalue weighted by atomic mass is 10.2. The summed E-state index contributed by atoms with van der Waals surface area (Å²) in [4.78, 5) is 12.2. The number of anilines is 1. The third kappa shape index (κ3) is 3.36. The topological polar surface area (TPSA) is 73.3 Å². The molecule has 0 bridgehead atoms. The molecule has 3 rings (SSSR count). The summed E-state index contributed by atoms with van der Waals surface area (Å²) < 4.78 is 11.2. The van der Waals surface area contributed by atoms with Crippen LogP contribution in [0.4, 0.5) is 5.13 Å². The number of carbonyl (C=O) groups excluding carboxylic acids is 1. The molecule has 7 heteroatoms. The molecule has 6 nitrogen and oxygen atoms in total. The Labute approximate surface area is 132 Å². The van der Waals surface area contributed by atoms with Crippen LogP contribution in [0.5, 0.6) is 11.5 Å². The lowest BCUT2D eigenvalue weighted by Gasteiger charge is -2.25. The maximum atomic E-state index is 12.2. The summed E-state index contributed by atoms with van der Waals surface area (Å²) in [5.74, 6) is 0.965. The third-order valence-corrected chi connectivity index (χ3v) is 4.14. The van der Waals surface area contributed by atoms with E-state index in [0.717, 1.165) is 24.3 Å². The molecule has 0 spiro atoms. The maximum Gasteiger partial charge on any atom is 0.270 e. The summed E-state index contributed by atoms with van der Waals surface area (Å²) in [5.41, 5.74) is 0. The van der Waals surface area contributed by atoms with Crippen LogP contribution in [0.15, 0.2) is 24.3 Å². The second-order valence-corrected chi connectivity index (χ2v) is 6.02. The van der Waals surface area contributed by atoms with Crippen molar-refractivity contribution in [2.75, 3.05) is 11.9 Å². The summed E-state index contributed by atoms with van der Waals surface area (Å²) in [6.07, 6.45) is 2.38. The summed E-state index contributed by atoms with van der Waals surface area (Å²) in [5, 5.41) is 12.2. The van der Waals surface area contributed by atoms with Gasteiger partial charge in [-0.1, -0.05) is 36.8 Å². The Hall–Kier alpha value is -2.15. The van der Waals surface area contributed by atoms with Gasteiger partial charge in [-0.15, -0.1) is 10.2 Å². The first-order valence-corrected chi connectivity index (χ1v) is 8.09. The number of unbranched alkanes of at least 4 members (excludes halogenated alkanes) is 1. The summed E-state index contributed by atoms with van der Waals surface area (Å²) in [6, 6.07) is 7.30. The SMILES string of the molecule is CCCCc1nnc(NC(=O)C2COc3ccccc3O2)s1. The Kier molecular flexibility index (Phi) is 4.53. The van der Waals surface area contributed by atoms with E-state index in [2.05, 4.69) is 22.4 Å². The Bertz CT molecular complexity index is 659. The Morgan fingerprint density at radius 3 is 3.00 bits per heavy atom. The molecule has 0 fully saturated rings. The summed E-state index contributed by atoms with van der Waals surface area (Å²) >= 11 is 1.40. The van der Waals surface area contributed by atoms with E-state index in [1.165, 1.54) is 11.3 Å². The van der Waals surface area contributed by atoms with Crippen LogP contribution in [0.1, 0.15) is 24.8 Å². The molecule has 1 aromatic carbocycles. The molecule has 0 radical (unpaired) electrons. The van der Waals surface area contributed by atoms with Gasteiger partial charge in [0.1, 0.15) is 11.6 Å². The minimum atomic E-state index is -0.683. The Morgan fingerprint density at radius 1 is 1.36 bits per heavy atom. The van der Waals surface area contributed by atoms with Crippen LogP contribution in [0.25, 0.3) is 0 Å². The predicted octanol–water partition coefficient (Wildman–Crippen LogP) is 2.66. The van der Waals surface area contributed by atoms with Gasteiger partial charge in [-0.05, 0) is 18.6 Å². The van der Waals surface area contributed by atoms with Crippen molar-refractivity contribution < 1.29 is 14.3 Å². The minimum absolute atomic E-state index is 0.185. The van der Waals surface area contributed by atoms with Gasteiger partial charge in [0, 0.05) is 6.42 Å². The van der Waals surface area contributed by atoms with Gasteiger partial charge in [0.25, 0.3) is 5.91 Å². The number of hydrogen-bond donors (Lipinski definition) is 1. The largest absolute Gasteiger partial charge is 0.485 e. The molecule has 1 aromatic heterocycles. The number of amides is 1. The smallest absolute Gasteiger partial charge is 0.270 e. The average Bonchev–Trinajstić information content (AvgIpc) is 2.99. The molecule has 1 amide bonds. The molecular weight excluding hydrogens is 302 g/mol. The first kappa shape index (κ1) is 14.8. The number of para-hydroxylation sites is 2. The Balaban J connectivity index is 1.60. The van der Waals surface area contributed by atoms with E-state index in [4.69, 9.17) is 9.47 Å². The number of fused-ring (bicyclic) bond motifs is 1. The van der Waals surface area contributed by atoms with Gasteiger partial charge >= 0.3 is 0 Å². The van der Waals surface area contributed by atoms with Crippen LogP contribution in [0, 0.1) is 0 Å². The fourth-order valence-electron chi connectivity index (χ4n) is 2.07. The van der Waals surface area contributed by atoms with Crippen molar-refractivity contribution in [3.05, 3.63) is 29.3 Å². The second kappa shape index (κ2) is 6.74. The van der Waals surface area contributed by atoms with Gasteiger partial charge < -0.3 is 9.47 Å². The van der Waals surface area contributed by atoms with Crippen molar-refractivity contribution in [3.63, 3.8) is 0 Å². The lowest BCUT2D eigenvalue weighted by molar-refractivity contribution is -0.125. The van der Waals surface area contributed by atoms with Gasteiger partial charge in [-0.25, -0.2) is 0 Å². The van der Waals surface area contributed by atoms with Crippen molar-refractivity contribution in [1.29, 1.82) is 0 Å². The van der Waals surface area contributed by atoms with E-state index in [0.29, 0.717) is 16.6 Å². The highest BCUT2D eigenvalue weighted by Gasteiger charge is 2.27. The zero-order valence-electron chi connectivity index (χ0n) is 12.2. The maximum absolute atomic E-state index is 12.2. The third-order valence-electron chi connectivity index (χ3n) is 3.24. The number of hydrogen-bond acceptors (Lipinski definition) is 6. The molecule has 1 aliphatic heterocycles. The highest BCUT2D eigenvalue weighted by Crippen LogP contribution is 2.31. The molecule has 116 valence electrons. The highest BCUT2D eigenvalue weighted by molar-refractivity contribution is 7.15. The monoisotopic (exact) mass is 319 g/mol. The van der Waals surface area contributed by atoms with Crippen molar-refractivity contribution >= 4 is 22.4 Å². The van der Waals surface area contributed by atoms with Gasteiger partial charge in [-0.3, -0.25) is 10.1 Å². The summed E-state index contributed by atoms with van der Waals surface area (Å²) in [7, 11) is 0. The standard InChI is InChI=1S/C15H17N3O3S/c1-2-3-8-13-17-18-15(22-13)16-14(19)12-9-20-10-6-4-5-7-11(10)21-12/h4-7,12H,2-3,8-9H2,1H3,(H,16,18,19). The minimum Gasteiger partial charge on any atom is -0.485 e. The fourth-order valence-corrected chi connectivity index (χ4v) is 2.85. The normalized spacial score (nSPS) is 16.3. The number of rotatable bonds is 5. The average molecular weight is 319 g/mol. The first-order valence-electron chi connectivity index (χ1n) is 7.28. The van der Waals surface area contributed by atoms with Crippen LogP contribution in [-0.4, -0.2) is 28.8 Å². The zero-order valence-corrected chi connectivity index (χ0v) is 13.1. The van der Waals surface area contributed by atoms with Gasteiger partial charge in [0.05, 0.1) is 0 Å². The molecule has 2 heterocycles. The van der Waals surface area contributed by atoms with Crippen LogP contribution in [0.2, 0.25) is 0 Å².